The third-order valence-corrected chi connectivity index (χ3v) is 7.49. The van der Waals surface area contributed by atoms with Gasteiger partial charge in [0.1, 0.15) is 0 Å². The lowest BCUT2D eigenvalue weighted by atomic mass is 10.0. The molecule has 0 aliphatic carbocycles. The third kappa shape index (κ3) is 4.67. The Morgan fingerprint density at radius 2 is 1.65 bits per heavy atom. The first kappa shape index (κ1) is 25.3. The molecule has 2 N–H and O–H groups in total. The Hall–Kier alpha value is -5.02. The lowest BCUT2D eigenvalue weighted by Crippen LogP contribution is -2.30. The van der Waals surface area contributed by atoms with Crippen molar-refractivity contribution < 1.29 is 4.79 Å². The molecule has 0 unspecified atom stereocenters. The topological polar surface area (TPSA) is 94.2 Å². The van der Waals surface area contributed by atoms with Crippen LogP contribution in [0.15, 0.2) is 95.1 Å². The molecule has 6 aromatic rings. The minimum Gasteiger partial charge on any atom is -0.343 e. The number of aromatic amines is 1. The number of amides is 1. The van der Waals surface area contributed by atoms with Gasteiger partial charge >= 0.3 is 0 Å². The lowest BCUT2D eigenvalue weighted by Gasteiger charge is -2.23. The molecule has 4 aromatic carbocycles. The fourth-order valence-electron chi connectivity index (χ4n) is 4.67. The molecule has 8 nitrogen and oxygen atoms in total. The van der Waals surface area contributed by atoms with Gasteiger partial charge < -0.3 is 20.1 Å². The van der Waals surface area contributed by atoms with E-state index >= 15 is 0 Å². The van der Waals surface area contributed by atoms with Crippen LogP contribution in [0.2, 0.25) is 0 Å². The smallest absolute Gasteiger partial charge is 0.280 e. The van der Waals surface area contributed by atoms with Crippen LogP contribution in [0.25, 0.3) is 33.1 Å². The maximum atomic E-state index is 12.7. The van der Waals surface area contributed by atoms with Crippen LogP contribution in [0, 0.1) is 0 Å². The third-order valence-electron chi connectivity index (χ3n) is 6.73. The molecule has 0 saturated carbocycles. The first-order valence-corrected chi connectivity index (χ1v) is 13.6. The van der Waals surface area contributed by atoms with Gasteiger partial charge in [-0.3, -0.25) is 9.59 Å². The molecule has 198 valence electrons. The molecule has 2 aromatic heterocycles. The van der Waals surface area contributed by atoms with Gasteiger partial charge in [-0.25, -0.2) is 9.97 Å². The Kier molecular flexibility index (Phi) is 6.49. The zero-order chi connectivity index (χ0) is 27.8. The molecule has 40 heavy (non-hydrogen) atoms. The molecule has 0 saturated heterocycles. The first-order chi connectivity index (χ1) is 19.4. The molecule has 0 bridgehead atoms. The second kappa shape index (κ2) is 10.3. The number of benzene rings is 4. The normalized spacial score (nSPS) is 11.1. The molecule has 9 heteroatoms. The number of para-hydroxylation sites is 1. The summed E-state index contributed by atoms with van der Waals surface area (Å²) >= 11 is 1.50. The highest BCUT2D eigenvalue weighted by molar-refractivity contribution is 7.14. The zero-order valence-corrected chi connectivity index (χ0v) is 23.0. The molecule has 0 atom stereocenters. The van der Waals surface area contributed by atoms with E-state index in [1.54, 1.807) is 14.1 Å². The number of anilines is 4. The highest BCUT2D eigenvalue weighted by Crippen LogP contribution is 2.37. The first-order valence-electron chi connectivity index (χ1n) is 12.7. The van der Waals surface area contributed by atoms with Crippen molar-refractivity contribution in [3.63, 3.8) is 0 Å². The molecule has 1 amide bonds. The van der Waals surface area contributed by atoms with Crippen molar-refractivity contribution in [3.8, 4) is 11.3 Å². The molecule has 0 spiro atoms. The van der Waals surface area contributed by atoms with Gasteiger partial charge in [0.2, 0.25) is 0 Å². The van der Waals surface area contributed by atoms with E-state index in [4.69, 9.17) is 4.98 Å². The van der Waals surface area contributed by atoms with Gasteiger partial charge in [-0.2, -0.15) is 0 Å². The highest BCUT2D eigenvalue weighted by Gasteiger charge is 2.19. The zero-order valence-electron chi connectivity index (χ0n) is 22.2. The number of rotatable bonds is 6. The summed E-state index contributed by atoms with van der Waals surface area (Å²) < 4.78 is 0. The van der Waals surface area contributed by atoms with Crippen LogP contribution in [0.5, 0.6) is 0 Å². The number of nitrogens with zero attached hydrogens (tertiary/aromatic N) is 4. The summed E-state index contributed by atoms with van der Waals surface area (Å²) in [5.74, 6) is -0.452. The maximum Gasteiger partial charge on any atom is 0.280 e. The Balaban J connectivity index is 1.45. The fraction of sp³-hybridized carbons (Fsp3) is 0.0968. The van der Waals surface area contributed by atoms with E-state index in [2.05, 4.69) is 39.6 Å². The second-order valence-corrected chi connectivity index (χ2v) is 10.4. The predicted octanol–water partition coefficient (Wildman–Crippen LogP) is 6.41. The Labute approximate surface area is 234 Å². The number of hydrogen-bond acceptors (Lipinski definition) is 7. The number of thiazole rings is 1. The number of H-pyrrole nitrogens is 1. The molecule has 0 aliphatic rings. The molecule has 6 rings (SSSR count). The fourth-order valence-corrected chi connectivity index (χ4v) is 5.39. The number of aromatic nitrogens is 3. The summed E-state index contributed by atoms with van der Waals surface area (Å²) in [6.07, 6.45) is 0. The molecule has 0 radical (unpaired) electrons. The average molecular weight is 547 g/mol. The molecule has 0 fully saturated rings. The Morgan fingerprint density at radius 3 is 2.45 bits per heavy atom. The number of fused-ring (bicyclic) bond motifs is 2. The molecular weight excluding hydrogens is 520 g/mol. The van der Waals surface area contributed by atoms with Crippen molar-refractivity contribution in [1.82, 2.24) is 19.9 Å². The Morgan fingerprint density at radius 1 is 0.900 bits per heavy atom. The van der Waals surface area contributed by atoms with E-state index < -0.39 is 11.5 Å². The van der Waals surface area contributed by atoms with E-state index in [1.807, 2.05) is 78.0 Å². The van der Waals surface area contributed by atoms with Crippen molar-refractivity contribution in [2.45, 2.75) is 0 Å². The minimum absolute atomic E-state index is 0.147. The standard InChI is InChI=1S/C31H26N6O2S/c1-36(2)30(39)28-29(38)33-23-16-25(27(17-24(23)32-28)37(3)20-12-5-4-6-13-20)34-31-35-26(18-40-31)22-15-9-11-19-10-7-8-14-21(19)22/h4-18H,1-3H3,(H,33,38)(H,34,35). The molecule has 2 heterocycles. The predicted molar refractivity (Wildman–Crippen MR) is 163 cm³/mol. The second-order valence-electron chi connectivity index (χ2n) is 9.58. The van der Waals surface area contributed by atoms with Gasteiger partial charge in [-0.05, 0) is 35.0 Å². The summed E-state index contributed by atoms with van der Waals surface area (Å²) in [7, 11) is 5.15. The van der Waals surface area contributed by atoms with E-state index in [-0.39, 0.29) is 5.69 Å². The summed E-state index contributed by atoms with van der Waals surface area (Å²) in [5, 5.41) is 8.52. The van der Waals surface area contributed by atoms with Crippen LogP contribution in [-0.4, -0.2) is 46.9 Å². The van der Waals surface area contributed by atoms with Crippen molar-refractivity contribution in [2.24, 2.45) is 0 Å². The van der Waals surface area contributed by atoms with Crippen LogP contribution >= 0.6 is 11.3 Å². The lowest BCUT2D eigenvalue weighted by molar-refractivity contribution is 0.0820. The summed E-state index contributed by atoms with van der Waals surface area (Å²) in [5.41, 5.74) is 4.79. The molecular formula is C31H26N6O2S. The molecule has 0 aliphatic heterocycles. The monoisotopic (exact) mass is 546 g/mol. The van der Waals surface area contributed by atoms with Crippen LogP contribution in [-0.2, 0) is 0 Å². The summed E-state index contributed by atoms with van der Waals surface area (Å²) in [6, 6.07) is 28.1. The minimum atomic E-state index is -0.534. The van der Waals surface area contributed by atoms with Crippen LogP contribution in [0.1, 0.15) is 10.5 Å². The van der Waals surface area contributed by atoms with E-state index in [0.29, 0.717) is 16.2 Å². The van der Waals surface area contributed by atoms with Crippen molar-refractivity contribution in [1.29, 1.82) is 0 Å². The Bertz CT molecular complexity index is 1920. The summed E-state index contributed by atoms with van der Waals surface area (Å²) in [4.78, 5) is 40.9. The van der Waals surface area contributed by atoms with Crippen LogP contribution in [0.3, 0.4) is 0 Å². The van der Waals surface area contributed by atoms with Crippen molar-refractivity contribution in [3.05, 3.63) is 106 Å². The quantitative estimate of drug-likeness (QED) is 0.251. The largest absolute Gasteiger partial charge is 0.343 e. The average Bonchev–Trinajstić information content (AvgIpc) is 3.44. The number of nitrogens with one attached hydrogen (secondary N) is 2. The van der Waals surface area contributed by atoms with Crippen LogP contribution in [0.4, 0.5) is 22.2 Å². The highest BCUT2D eigenvalue weighted by atomic mass is 32.1. The van der Waals surface area contributed by atoms with Gasteiger partial charge in [-0.1, -0.05) is 60.7 Å². The van der Waals surface area contributed by atoms with Gasteiger partial charge in [0.15, 0.2) is 10.8 Å². The van der Waals surface area contributed by atoms with Crippen molar-refractivity contribution >= 4 is 61.2 Å². The van der Waals surface area contributed by atoms with E-state index in [9.17, 15) is 9.59 Å². The summed E-state index contributed by atoms with van der Waals surface area (Å²) in [6.45, 7) is 0. The van der Waals surface area contributed by atoms with Gasteiger partial charge in [-0.15, -0.1) is 11.3 Å². The van der Waals surface area contributed by atoms with E-state index in [0.717, 1.165) is 39.1 Å². The maximum absolute atomic E-state index is 12.7. The van der Waals surface area contributed by atoms with Gasteiger partial charge in [0.05, 0.1) is 28.1 Å². The van der Waals surface area contributed by atoms with E-state index in [1.165, 1.54) is 16.2 Å². The van der Waals surface area contributed by atoms with Crippen molar-refractivity contribution in [2.75, 3.05) is 31.4 Å². The SMILES string of the molecule is CN(C)C(=O)c1nc2cc(N(C)c3ccccc3)c(Nc3nc(-c4cccc5ccccc45)cs3)cc2[nH]c1=O. The van der Waals surface area contributed by atoms with Gasteiger partial charge in [0, 0.05) is 37.8 Å². The van der Waals surface area contributed by atoms with Gasteiger partial charge in [0.25, 0.3) is 11.5 Å². The number of hydrogen-bond donors (Lipinski definition) is 2. The van der Waals surface area contributed by atoms with Crippen LogP contribution < -0.4 is 15.8 Å². The number of carbonyl (C=O) groups is 1. The number of carbonyl (C=O) groups excluding carboxylic acids is 1.